The molecule has 21 heavy (non-hydrogen) atoms. The summed E-state index contributed by atoms with van der Waals surface area (Å²) in [4.78, 5) is 6.95. The van der Waals surface area contributed by atoms with Gasteiger partial charge in [0.05, 0.1) is 5.69 Å². The first kappa shape index (κ1) is 14.6. The summed E-state index contributed by atoms with van der Waals surface area (Å²) in [6.07, 6.45) is 2.88. The van der Waals surface area contributed by atoms with Crippen LogP contribution in [0.5, 0.6) is 0 Å². The van der Waals surface area contributed by atoms with Gasteiger partial charge in [0.1, 0.15) is 6.26 Å². The van der Waals surface area contributed by atoms with E-state index in [-0.39, 0.29) is 5.41 Å². The quantitative estimate of drug-likeness (QED) is 0.942. The first-order chi connectivity index (χ1) is 10.1. The lowest BCUT2D eigenvalue weighted by Crippen LogP contribution is -2.31. The Morgan fingerprint density at radius 1 is 1.38 bits per heavy atom. The van der Waals surface area contributed by atoms with Crippen molar-refractivity contribution in [2.24, 2.45) is 11.1 Å². The fraction of sp³-hybridized carbons (Fsp3) is 0.438. The Morgan fingerprint density at radius 2 is 2.14 bits per heavy atom. The third-order valence-electron chi connectivity index (χ3n) is 4.16. The molecule has 1 aromatic carbocycles. The van der Waals surface area contributed by atoms with Crippen molar-refractivity contribution < 1.29 is 4.42 Å². The molecular weight excluding hydrogens is 286 g/mol. The zero-order valence-electron chi connectivity index (χ0n) is 12.2. The summed E-state index contributed by atoms with van der Waals surface area (Å²) in [5.41, 5.74) is 7.99. The average Bonchev–Trinajstić information content (AvgIpc) is 3.08. The van der Waals surface area contributed by atoms with Gasteiger partial charge in [-0.15, -0.1) is 0 Å². The molecule has 1 atom stereocenters. The van der Waals surface area contributed by atoms with Crippen molar-refractivity contribution in [1.29, 1.82) is 0 Å². The number of halogens is 1. The van der Waals surface area contributed by atoms with Crippen LogP contribution in [0.2, 0.25) is 5.02 Å². The Bertz CT molecular complexity index is 610. The highest BCUT2D eigenvalue weighted by atomic mass is 35.5. The molecule has 1 unspecified atom stereocenters. The predicted octanol–water partition coefficient (Wildman–Crippen LogP) is 3.17. The van der Waals surface area contributed by atoms with Crippen LogP contribution in [0.3, 0.4) is 0 Å². The first-order valence-electron chi connectivity index (χ1n) is 7.21. The van der Waals surface area contributed by atoms with Gasteiger partial charge in [0, 0.05) is 23.7 Å². The van der Waals surface area contributed by atoms with Crippen LogP contribution in [0, 0.1) is 5.41 Å². The Morgan fingerprint density at radius 3 is 2.81 bits per heavy atom. The highest BCUT2D eigenvalue weighted by Gasteiger charge is 2.32. The molecule has 0 radical (unpaired) electrons. The van der Waals surface area contributed by atoms with Gasteiger partial charge in [0.25, 0.3) is 0 Å². The molecule has 0 amide bonds. The third-order valence-corrected chi connectivity index (χ3v) is 4.41. The summed E-state index contributed by atoms with van der Waals surface area (Å²) in [6.45, 7) is 5.88. The van der Waals surface area contributed by atoms with Crippen molar-refractivity contribution in [3.8, 4) is 11.5 Å². The highest BCUT2D eigenvalue weighted by Crippen LogP contribution is 2.29. The minimum absolute atomic E-state index is 0.239. The molecule has 1 aromatic heterocycles. The number of nitrogens with two attached hydrogens (primary N) is 1. The van der Waals surface area contributed by atoms with Crippen LogP contribution in [0.1, 0.15) is 19.0 Å². The molecule has 112 valence electrons. The second-order valence-electron chi connectivity index (χ2n) is 6.13. The molecule has 2 heterocycles. The molecule has 0 aliphatic carbocycles. The number of nitrogens with zero attached hydrogens (tertiary/aromatic N) is 2. The number of benzene rings is 1. The van der Waals surface area contributed by atoms with E-state index in [1.54, 1.807) is 6.26 Å². The van der Waals surface area contributed by atoms with Crippen LogP contribution in [-0.2, 0) is 6.54 Å². The molecule has 1 aliphatic heterocycles. The summed E-state index contributed by atoms with van der Waals surface area (Å²) in [5, 5.41) is 0.712. The molecule has 0 spiro atoms. The van der Waals surface area contributed by atoms with Crippen LogP contribution in [0.25, 0.3) is 11.5 Å². The van der Waals surface area contributed by atoms with Gasteiger partial charge in [-0.3, -0.25) is 4.90 Å². The molecule has 0 saturated carbocycles. The molecule has 1 aliphatic rings. The van der Waals surface area contributed by atoms with E-state index in [4.69, 9.17) is 21.8 Å². The smallest absolute Gasteiger partial charge is 0.226 e. The van der Waals surface area contributed by atoms with Gasteiger partial charge in [0.15, 0.2) is 0 Å². The van der Waals surface area contributed by atoms with Crippen molar-refractivity contribution in [2.45, 2.75) is 19.9 Å². The molecular formula is C16H20ClN3O. The lowest BCUT2D eigenvalue weighted by atomic mass is 9.90. The molecule has 2 N–H and O–H groups in total. The Balaban J connectivity index is 1.67. The minimum Gasteiger partial charge on any atom is -0.444 e. The van der Waals surface area contributed by atoms with E-state index in [9.17, 15) is 0 Å². The fourth-order valence-electron chi connectivity index (χ4n) is 2.76. The van der Waals surface area contributed by atoms with E-state index in [1.165, 1.54) is 0 Å². The Hall–Kier alpha value is -1.36. The number of likely N-dealkylation sites (tertiary alicyclic amines) is 1. The van der Waals surface area contributed by atoms with Crippen LogP contribution < -0.4 is 5.73 Å². The van der Waals surface area contributed by atoms with E-state index in [0.717, 1.165) is 43.9 Å². The topological polar surface area (TPSA) is 55.3 Å². The predicted molar refractivity (Wildman–Crippen MR) is 84.0 cm³/mol. The van der Waals surface area contributed by atoms with E-state index >= 15 is 0 Å². The lowest BCUT2D eigenvalue weighted by molar-refractivity contribution is 0.272. The molecule has 3 rings (SSSR count). The number of hydrogen-bond acceptors (Lipinski definition) is 4. The van der Waals surface area contributed by atoms with Gasteiger partial charge in [-0.1, -0.05) is 18.5 Å². The SMILES string of the molecule is CC1(CN)CCN(Cc2coc(-c3ccc(Cl)cc3)n2)C1. The van der Waals surface area contributed by atoms with Crippen LogP contribution in [-0.4, -0.2) is 29.5 Å². The van der Waals surface area contributed by atoms with Crippen molar-refractivity contribution in [3.05, 3.63) is 41.2 Å². The summed E-state index contributed by atoms with van der Waals surface area (Å²) < 4.78 is 5.57. The standard InChI is InChI=1S/C16H20ClN3O/c1-16(10-18)6-7-20(11-16)8-14-9-21-15(19-14)12-2-4-13(17)5-3-12/h2-5,9H,6-8,10-11,18H2,1H3. The second-order valence-corrected chi connectivity index (χ2v) is 6.56. The van der Waals surface area contributed by atoms with Gasteiger partial charge < -0.3 is 10.2 Å². The van der Waals surface area contributed by atoms with Crippen LogP contribution >= 0.6 is 11.6 Å². The third kappa shape index (κ3) is 3.28. The molecule has 5 heteroatoms. The van der Waals surface area contributed by atoms with Crippen molar-refractivity contribution >= 4 is 11.6 Å². The van der Waals surface area contributed by atoms with Gasteiger partial charge in [-0.05, 0) is 49.2 Å². The number of rotatable bonds is 4. The molecule has 2 aromatic rings. The molecule has 0 bridgehead atoms. The van der Waals surface area contributed by atoms with E-state index in [0.29, 0.717) is 10.9 Å². The molecule has 1 fully saturated rings. The van der Waals surface area contributed by atoms with Crippen molar-refractivity contribution in [2.75, 3.05) is 19.6 Å². The van der Waals surface area contributed by atoms with Crippen LogP contribution in [0.4, 0.5) is 0 Å². The Kier molecular flexibility index (Phi) is 4.02. The zero-order valence-corrected chi connectivity index (χ0v) is 12.9. The largest absolute Gasteiger partial charge is 0.444 e. The summed E-state index contributed by atoms with van der Waals surface area (Å²) in [6, 6.07) is 7.51. The van der Waals surface area contributed by atoms with Gasteiger partial charge in [0.2, 0.25) is 5.89 Å². The number of aromatic nitrogens is 1. The minimum atomic E-state index is 0.239. The maximum Gasteiger partial charge on any atom is 0.226 e. The normalized spacial score (nSPS) is 22.8. The first-order valence-corrected chi connectivity index (χ1v) is 7.59. The summed E-state index contributed by atoms with van der Waals surface area (Å²) in [7, 11) is 0. The molecule has 1 saturated heterocycles. The van der Waals surface area contributed by atoms with Gasteiger partial charge in [-0.2, -0.15) is 0 Å². The van der Waals surface area contributed by atoms with E-state index < -0.39 is 0 Å². The second kappa shape index (κ2) is 5.79. The van der Waals surface area contributed by atoms with Crippen LogP contribution in [0.15, 0.2) is 34.9 Å². The van der Waals surface area contributed by atoms with E-state index in [2.05, 4.69) is 16.8 Å². The van der Waals surface area contributed by atoms with Gasteiger partial charge >= 0.3 is 0 Å². The highest BCUT2D eigenvalue weighted by molar-refractivity contribution is 6.30. The van der Waals surface area contributed by atoms with E-state index in [1.807, 2.05) is 24.3 Å². The Labute approximate surface area is 129 Å². The lowest BCUT2D eigenvalue weighted by Gasteiger charge is -2.21. The van der Waals surface area contributed by atoms with Gasteiger partial charge in [-0.25, -0.2) is 4.98 Å². The monoisotopic (exact) mass is 305 g/mol. The van der Waals surface area contributed by atoms with Crippen molar-refractivity contribution in [1.82, 2.24) is 9.88 Å². The maximum absolute atomic E-state index is 5.89. The zero-order chi connectivity index (χ0) is 14.9. The number of oxazole rings is 1. The summed E-state index contributed by atoms with van der Waals surface area (Å²) in [5.74, 6) is 0.641. The fourth-order valence-corrected chi connectivity index (χ4v) is 2.89. The van der Waals surface area contributed by atoms with Crippen molar-refractivity contribution in [3.63, 3.8) is 0 Å². The summed E-state index contributed by atoms with van der Waals surface area (Å²) >= 11 is 5.89. The number of hydrogen-bond donors (Lipinski definition) is 1. The maximum atomic E-state index is 5.89. The average molecular weight is 306 g/mol. The molecule has 4 nitrogen and oxygen atoms in total.